The van der Waals surface area contributed by atoms with Crippen LogP contribution in [0.15, 0.2) is 25.6 Å². The first-order chi connectivity index (χ1) is 9.53. The molecule has 0 amide bonds. The first-order valence-corrected chi connectivity index (χ1v) is 10.3. The Hall–Kier alpha value is 0.940. The highest BCUT2D eigenvalue weighted by atomic mass is 79.9. The summed E-state index contributed by atoms with van der Waals surface area (Å²) in [6.07, 6.45) is 8.07. The van der Waals surface area contributed by atoms with Crippen molar-refractivity contribution in [1.82, 2.24) is 0 Å². The zero-order valence-corrected chi connectivity index (χ0v) is 17.3. The van der Waals surface area contributed by atoms with E-state index in [0.717, 1.165) is 25.6 Å². The van der Waals surface area contributed by atoms with Gasteiger partial charge in [-0.1, -0.05) is 51.1 Å². The van der Waals surface area contributed by atoms with Gasteiger partial charge in [0.1, 0.15) is 11.9 Å². The van der Waals surface area contributed by atoms with Crippen LogP contribution in [0.2, 0.25) is 0 Å². The molecule has 2 saturated carbocycles. The molecule has 5 heteroatoms. The van der Waals surface area contributed by atoms with Crippen LogP contribution in [0.5, 0.6) is 5.75 Å². The lowest BCUT2D eigenvalue weighted by atomic mass is 9.58. The monoisotopic (exact) mass is 528 g/mol. The van der Waals surface area contributed by atoms with Crippen molar-refractivity contribution in [3.05, 3.63) is 25.6 Å². The maximum Gasteiger partial charge on any atom is 0.148 e. The van der Waals surface area contributed by atoms with E-state index in [1.807, 2.05) is 12.1 Å². The summed E-state index contributed by atoms with van der Waals surface area (Å²) >= 11 is 14.6. The van der Waals surface area contributed by atoms with Crippen molar-refractivity contribution in [1.29, 1.82) is 0 Å². The van der Waals surface area contributed by atoms with E-state index < -0.39 is 0 Å². The van der Waals surface area contributed by atoms with Crippen molar-refractivity contribution >= 4 is 63.7 Å². The molecule has 1 aromatic carbocycles. The van der Waals surface area contributed by atoms with Gasteiger partial charge in [-0.2, -0.15) is 0 Å². The van der Waals surface area contributed by atoms with E-state index >= 15 is 0 Å². The minimum atomic E-state index is 0.334. The molecule has 2 atom stereocenters. The molecule has 0 aliphatic heterocycles. The quantitative estimate of drug-likeness (QED) is 0.380. The molecule has 1 spiro atoms. The van der Waals surface area contributed by atoms with Crippen LogP contribution < -0.4 is 4.74 Å². The number of benzene rings is 1. The van der Waals surface area contributed by atoms with Gasteiger partial charge in [0.25, 0.3) is 0 Å². The summed E-state index contributed by atoms with van der Waals surface area (Å²) < 4.78 is 9.44. The standard InChI is InChI=1S/C15H16Br4O/c16-9-6-10(17)14(11(18)7-9)20-13-8-12(19)15(13)4-2-1-3-5-15/h6-7,12-13H,1-5,8H2. The zero-order valence-electron chi connectivity index (χ0n) is 11.0. The second-order valence-electron chi connectivity index (χ2n) is 5.80. The molecular weight excluding hydrogens is 516 g/mol. The van der Waals surface area contributed by atoms with E-state index in [9.17, 15) is 0 Å². The highest BCUT2D eigenvalue weighted by Gasteiger charge is 2.55. The van der Waals surface area contributed by atoms with Crippen LogP contribution in [0.25, 0.3) is 0 Å². The third-order valence-corrected chi connectivity index (χ3v) is 7.62. The van der Waals surface area contributed by atoms with Gasteiger partial charge in [-0.05, 0) is 63.3 Å². The maximum atomic E-state index is 6.39. The van der Waals surface area contributed by atoms with Gasteiger partial charge in [0.2, 0.25) is 0 Å². The van der Waals surface area contributed by atoms with E-state index in [1.165, 1.54) is 32.1 Å². The summed E-state index contributed by atoms with van der Waals surface area (Å²) in [6, 6.07) is 4.08. The van der Waals surface area contributed by atoms with Crippen molar-refractivity contribution in [3.63, 3.8) is 0 Å². The van der Waals surface area contributed by atoms with Crippen molar-refractivity contribution in [2.24, 2.45) is 5.41 Å². The maximum absolute atomic E-state index is 6.39. The van der Waals surface area contributed by atoms with Crippen molar-refractivity contribution in [2.75, 3.05) is 0 Å². The van der Waals surface area contributed by atoms with E-state index in [0.29, 0.717) is 16.3 Å². The molecule has 0 saturated heterocycles. The minimum absolute atomic E-state index is 0.334. The van der Waals surface area contributed by atoms with Crippen molar-refractivity contribution in [2.45, 2.75) is 49.5 Å². The fourth-order valence-electron chi connectivity index (χ4n) is 3.49. The molecule has 0 heterocycles. The van der Waals surface area contributed by atoms with E-state index in [1.54, 1.807) is 0 Å². The molecule has 110 valence electrons. The molecule has 0 bridgehead atoms. The van der Waals surface area contributed by atoms with Gasteiger partial charge in [-0.3, -0.25) is 0 Å². The molecule has 0 N–H and O–H groups in total. The molecule has 1 aromatic rings. The third-order valence-electron chi connectivity index (χ3n) is 4.69. The van der Waals surface area contributed by atoms with Crippen LogP contribution >= 0.6 is 63.7 Å². The Labute approximate surface area is 153 Å². The Balaban J connectivity index is 1.82. The molecule has 3 rings (SSSR count). The smallest absolute Gasteiger partial charge is 0.148 e. The molecule has 0 aromatic heterocycles. The number of alkyl halides is 1. The van der Waals surface area contributed by atoms with Crippen LogP contribution in [0.1, 0.15) is 38.5 Å². The zero-order chi connectivity index (χ0) is 14.3. The first-order valence-electron chi connectivity index (χ1n) is 6.98. The Morgan fingerprint density at radius 2 is 1.60 bits per heavy atom. The number of ether oxygens (including phenoxy) is 1. The normalized spacial score (nSPS) is 28.2. The summed E-state index contributed by atoms with van der Waals surface area (Å²) in [4.78, 5) is 0.619. The molecule has 2 unspecified atom stereocenters. The molecule has 0 radical (unpaired) electrons. The molecule has 20 heavy (non-hydrogen) atoms. The fraction of sp³-hybridized carbons (Fsp3) is 0.600. The number of hydrogen-bond acceptors (Lipinski definition) is 1. The summed E-state index contributed by atoms with van der Waals surface area (Å²) in [6.45, 7) is 0. The molecule has 2 aliphatic carbocycles. The average Bonchev–Trinajstić information content (AvgIpc) is 2.42. The highest BCUT2D eigenvalue weighted by molar-refractivity contribution is 9.11. The number of halogens is 4. The molecular formula is C15H16Br4O. The van der Waals surface area contributed by atoms with Crippen LogP contribution in [0.3, 0.4) is 0 Å². The largest absolute Gasteiger partial charge is 0.487 e. The summed E-state index contributed by atoms with van der Waals surface area (Å²) in [5.74, 6) is 0.933. The average molecular weight is 532 g/mol. The van der Waals surface area contributed by atoms with Gasteiger partial charge >= 0.3 is 0 Å². The van der Waals surface area contributed by atoms with Gasteiger partial charge in [-0.15, -0.1) is 0 Å². The van der Waals surface area contributed by atoms with Gasteiger partial charge in [0, 0.05) is 14.7 Å². The van der Waals surface area contributed by atoms with Crippen LogP contribution in [0.4, 0.5) is 0 Å². The van der Waals surface area contributed by atoms with Crippen molar-refractivity contribution in [3.8, 4) is 5.75 Å². The second-order valence-corrected chi connectivity index (χ2v) is 9.53. The van der Waals surface area contributed by atoms with Crippen LogP contribution in [-0.2, 0) is 0 Å². The highest BCUT2D eigenvalue weighted by Crippen LogP contribution is 2.57. The van der Waals surface area contributed by atoms with Crippen LogP contribution in [0, 0.1) is 5.41 Å². The van der Waals surface area contributed by atoms with E-state index in [-0.39, 0.29) is 0 Å². The Bertz CT molecular complexity index is 488. The third kappa shape index (κ3) is 2.77. The minimum Gasteiger partial charge on any atom is -0.487 e. The summed E-state index contributed by atoms with van der Waals surface area (Å²) in [5, 5.41) is 0. The summed E-state index contributed by atoms with van der Waals surface area (Å²) in [7, 11) is 0. The van der Waals surface area contributed by atoms with E-state index in [2.05, 4.69) is 63.7 Å². The van der Waals surface area contributed by atoms with Gasteiger partial charge in [0.05, 0.1) is 8.95 Å². The van der Waals surface area contributed by atoms with E-state index in [4.69, 9.17) is 4.74 Å². The second kappa shape index (κ2) is 6.21. The Morgan fingerprint density at radius 1 is 1.00 bits per heavy atom. The van der Waals surface area contributed by atoms with Gasteiger partial charge < -0.3 is 4.74 Å². The lowest BCUT2D eigenvalue weighted by Gasteiger charge is -2.55. The lowest BCUT2D eigenvalue weighted by Crippen LogP contribution is -2.57. The SMILES string of the molecule is Brc1cc(Br)c(OC2CC(Br)C23CCCCC3)c(Br)c1. The van der Waals surface area contributed by atoms with Gasteiger partial charge in [0.15, 0.2) is 0 Å². The fourth-order valence-corrected chi connectivity index (χ4v) is 7.03. The van der Waals surface area contributed by atoms with Gasteiger partial charge in [-0.25, -0.2) is 0 Å². The molecule has 2 fully saturated rings. The predicted molar refractivity (Wildman–Crippen MR) is 96.8 cm³/mol. The number of rotatable bonds is 2. The van der Waals surface area contributed by atoms with Crippen molar-refractivity contribution < 1.29 is 4.74 Å². The molecule has 1 nitrogen and oxygen atoms in total. The predicted octanol–water partition coefficient (Wildman–Crippen LogP) is 6.84. The topological polar surface area (TPSA) is 9.23 Å². The first kappa shape index (κ1) is 15.8. The molecule has 2 aliphatic rings. The summed E-state index contributed by atoms with van der Waals surface area (Å²) in [5.41, 5.74) is 0.351. The Morgan fingerprint density at radius 3 is 2.15 bits per heavy atom. The number of hydrogen-bond donors (Lipinski definition) is 0. The van der Waals surface area contributed by atoms with Crippen LogP contribution in [-0.4, -0.2) is 10.9 Å². The Kier molecular flexibility index (Phi) is 4.91. The lowest BCUT2D eigenvalue weighted by molar-refractivity contribution is -0.0608.